The van der Waals surface area contributed by atoms with E-state index in [4.69, 9.17) is 5.73 Å². The highest BCUT2D eigenvalue weighted by Gasteiger charge is 2.18. The lowest BCUT2D eigenvalue weighted by molar-refractivity contribution is -0.121. The minimum atomic E-state index is -0.414. The molecule has 0 aliphatic carbocycles. The molecule has 6 heteroatoms. The molecule has 0 unspecified atom stereocenters. The molecule has 0 radical (unpaired) electrons. The molecule has 0 atom stereocenters. The SMILES string of the molecule is CC(C)CNC(=O)NC(=O)CN1CCC(N)CC1. The summed E-state index contributed by atoms with van der Waals surface area (Å²) in [7, 11) is 0. The normalized spacial score (nSPS) is 17.8. The van der Waals surface area contributed by atoms with Gasteiger partial charge in [-0.3, -0.25) is 15.0 Å². The average Bonchev–Trinajstić information content (AvgIpc) is 2.29. The van der Waals surface area contributed by atoms with Crippen LogP contribution in [0.15, 0.2) is 0 Å². The van der Waals surface area contributed by atoms with E-state index in [1.807, 2.05) is 18.7 Å². The van der Waals surface area contributed by atoms with Gasteiger partial charge in [-0.2, -0.15) is 0 Å². The molecule has 1 aliphatic heterocycles. The van der Waals surface area contributed by atoms with E-state index in [1.165, 1.54) is 0 Å². The molecule has 0 aromatic heterocycles. The maximum absolute atomic E-state index is 11.6. The van der Waals surface area contributed by atoms with E-state index in [0.717, 1.165) is 25.9 Å². The maximum atomic E-state index is 11.6. The first kappa shape index (κ1) is 14.9. The number of rotatable bonds is 4. The zero-order chi connectivity index (χ0) is 13.5. The third kappa shape index (κ3) is 5.97. The van der Waals surface area contributed by atoms with Crippen molar-refractivity contribution in [1.29, 1.82) is 0 Å². The molecule has 1 heterocycles. The number of imide groups is 1. The molecule has 1 rings (SSSR count). The molecule has 0 spiro atoms. The van der Waals surface area contributed by atoms with Gasteiger partial charge in [0.1, 0.15) is 0 Å². The standard InChI is InChI=1S/C12H24N4O2/c1-9(2)7-14-12(18)15-11(17)8-16-5-3-10(13)4-6-16/h9-10H,3-8,13H2,1-2H3,(H2,14,15,17,18). The number of hydrogen-bond acceptors (Lipinski definition) is 4. The van der Waals surface area contributed by atoms with Crippen molar-refractivity contribution in [2.45, 2.75) is 32.7 Å². The van der Waals surface area contributed by atoms with Gasteiger partial charge in [0.2, 0.25) is 5.91 Å². The number of carbonyl (C=O) groups is 2. The number of nitrogens with two attached hydrogens (primary N) is 1. The minimum Gasteiger partial charge on any atom is -0.338 e. The second-order valence-electron chi connectivity index (χ2n) is 5.27. The van der Waals surface area contributed by atoms with Crippen LogP contribution in [0.3, 0.4) is 0 Å². The highest BCUT2D eigenvalue weighted by atomic mass is 16.2. The summed E-state index contributed by atoms with van der Waals surface area (Å²) >= 11 is 0. The van der Waals surface area contributed by atoms with Crippen molar-refractivity contribution in [2.75, 3.05) is 26.2 Å². The molecule has 3 amide bonds. The largest absolute Gasteiger partial charge is 0.338 e. The molecule has 104 valence electrons. The van der Waals surface area contributed by atoms with Gasteiger partial charge in [-0.15, -0.1) is 0 Å². The third-order valence-electron chi connectivity index (χ3n) is 2.92. The Morgan fingerprint density at radius 2 is 1.94 bits per heavy atom. The van der Waals surface area contributed by atoms with Crippen LogP contribution in [0.25, 0.3) is 0 Å². The maximum Gasteiger partial charge on any atom is 0.321 e. The van der Waals surface area contributed by atoms with Crippen molar-refractivity contribution in [3.63, 3.8) is 0 Å². The lowest BCUT2D eigenvalue weighted by Gasteiger charge is -2.29. The molecule has 0 saturated carbocycles. The predicted molar refractivity (Wildman–Crippen MR) is 70.0 cm³/mol. The molecule has 1 saturated heterocycles. The van der Waals surface area contributed by atoms with Crippen molar-refractivity contribution in [3.05, 3.63) is 0 Å². The van der Waals surface area contributed by atoms with Crippen LogP contribution in [0.2, 0.25) is 0 Å². The smallest absolute Gasteiger partial charge is 0.321 e. The first-order valence-corrected chi connectivity index (χ1v) is 6.53. The Hall–Kier alpha value is -1.14. The number of nitrogens with one attached hydrogen (secondary N) is 2. The molecule has 18 heavy (non-hydrogen) atoms. The van der Waals surface area contributed by atoms with Gasteiger partial charge in [0.05, 0.1) is 6.54 Å². The van der Waals surface area contributed by atoms with Crippen LogP contribution in [0, 0.1) is 5.92 Å². The van der Waals surface area contributed by atoms with Crippen LogP contribution < -0.4 is 16.4 Å². The summed E-state index contributed by atoms with van der Waals surface area (Å²) < 4.78 is 0. The van der Waals surface area contributed by atoms with Crippen molar-refractivity contribution in [3.8, 4) is 0 Å². The minimum absolute atomic E-state index is 0.249. The molecule has 1 aliphatic rings. The number of hydrogen-bond donors (Lipinski definition) is 3. The van der Waals surface area contributed by atoms with E-state index in [-0.39, 0.29) is 18.5 Å². The quantitative estimate of drug-likeness (QED) is 0.655. The van der Waals surface area contributed by atoms with Crippen LogP contribution in [-0.2, 0) is 4.79 Å². The summed E-state index contributed by atoms with van der Waals surface area (Å²) in [6.45, 7) is 6.47. The zero-order valence-electron chi connectivity index (χ0n) is 11.2. The Balaban J connectivity index is 2.18. The summed E-state index contributed by atoms with van der Waals surface area (Å²) in [5.41, 5.74) is 5.79. The Bertz CT molecular complexity index is 286. The van der Waals surface area contributed by atoms with Crippen LogP contribution >= 0.6 is 0 Å². The van der Waals surface area contributed by atoms with Crippen molar-refractivity contribution in [2.24, 2.45) is 11.7 Å². The molecular weight excluding hydrogens is 232 g/mol. The summed E-state index contributed by atoms with van der Waals surface area (Å²) in [6.07, 6.45) is 1.82. The number of urea groups is 1. The molecule has 6 nitrogen and oxygen atoms in total. The van der Waals surface area contributed by atoms with E-state index in [1.54, 1.807) is 0 Å². The summed E-state index contributed by atoms with van der Waals surface area (Å²) in [4.78, 5) is 25.0. The first-order valence-electron chi connectivity index (χ1n) is 6.53. The van der Waals surface area contributed by atoms with E-state index >= 15 is 0 Å². The number of piperidine rings is 1. The number of nitrogens with zero attached hydrogens (tertiary/aromatic N) is 1. The topological polar surface area (TPSA) is 87.5 Å². The van der Waals surface area contributed by atoms with E-state index < -0.39 is 6.03 Å². The molecular formula is C12H24N4O2. The Kier molecular flexibility index (Phi) is 6.07. The van der Waals surface area contributed by atoms with Crippen molar-refractivity contribution in [1.82, 2.24) is 15.5 Å². The highest BCUT2D eigenvalue weighted by molar-refractivity contribution is 5.95. The fraction of sp³-hybridized carbons (Fsp3) is 0.833. The summed E-state index contributed by atoms with van der Waals surface area (Å²) in [5.74, 6) is 0.112. The van der Waals surface area contributed by atoms with Crippen molar-refractivity contribution < 1.29 is 9.59 Å². The fourth-order valence-electron chi connectivity index (χ4n) is 1.82. The average molecular weight is 256 g/mol. The zero-order valence-corrected chi connectivity index (χ0v) is 11.2. The van der Waals surface area contributed by atoms with Crippen LogP contribution in [0.5, 0.6) is 0 Å². The van der Waals surface area contributed by atoms with Gasteiger partial charge in [0.15, 0.2) is 0 Å². The second-order valence-corrected chi connectivity index (χ2v) is 5.27. The van der Waals surface area contributed by atoms with Gasteiger partial charge in [-0.25, -0.2) is 4.79 Å². The molecule has 4 N–H and O–H groups in total. The van der Waals surface area contributed by atoms with Gasteiger partial charge in [0.25, 0.3) is 0 Å². The molecule has 0 aromatic rings. The van der Waals surface area contributed by atoms with Gasteiger partial charge in [0, 0.05) is 25.7 Å². The first-order chi connectivity index (χ1) is 8.47. The van der Waals surface area contributed by atoms with Crippen LogP contribution in [-0.4, -0.2) is 49.1 Å². The Labute approximate surface area is 108 Å². The van der Waals surface area contributed by atoms with Crippen molar-refractivity contribution >= 4 is 11.9 Å². The number of amides is 3. The van der Waals surface area contributed by atoms with Crippen LogP contribution in [0.4, 0.5) is 4.79 Å². The van der Waals surface area contributed by atoms with Gasteiger partial charge >= 0.3 is 6.03 Å². The number of carbonyl (C=O) groups excluding carboxylic acids is 2. The summed E-state index contributed by atoms with van der Waals surface area (Å²) in [5, 5.41) is 4.98. The number of likely N-dealkylation sites (tertiary alicyclic amines) is 1. The third-order valence-corrected chi connectivity index (χ3v) is 2.92. The van der Waals surface area contributed by atoms with Gasteiger partial charge < -0.3 is 11.1 Å². The van der Waals surface area contributed by atoms with Gasteiger partial charge in [-0.05, 0) is 18.8 Å². The fourth-order valence-corrected chi connectivity index (χ4v) is 1.82. The van der Waals surface area contributed by atoms with E-state index in [2.05, 4.69) is 10.6 Å². The predicted octanol–water partition coefficient (Wildman–Crippen LogP) is -0.109. The summed E-state index contributed by atoms with van der Waals surface area (Å²) in [6, 6.07) is -0.166. The van der Waals surface area contributed by atoms with E-state index in [0.29, 0.717) is 12.5 Å². The molecule has 1 fully saturated rings. The second kappa shape index (κ2) is 7.33. The van der Waals surface area contributed by atoms with Crippen LogP contribution in [0.1, 0.15) is 26.7 Å². The Morgan fingerprint density at radius 1 is 1.33 bits per heavy atom. The molecule has 0 aromatic carbocycles. The Morgan fingerprint density at radius 3 is 2.50 bits per heavy atom. The molecule has 0 bridgehead atoms. The lowest BCUT2D eigenvalue weighted by Crippen LogP contribution is -2.48. The lowest BCUT2D eigenvalue weighted by atomic mass is 10.1. The van der Waals surface area contributed by atoms with Gasteiger partial charge in [-0.1, -0.05) is 13.8 Å². The highest BCUT2D eigenvalue weighted by Crippen LogP contribution is 2.07. The van der Waals surface area contributed by atoms with E-state index in [9.17, 15) is 9.59 Å². The monoisotopic (exact) mass is 256 g/mol.